The second-order valence-electron chi connectivity index (χ2n) is 7.92. The van der Waals surface area contributed by atoms with E-state index in [0.717, 1.165) is 30.0 Å². The van der Waals surface area contributed by atoms with Gasteiger partial charge in [-0.25, -0.2) is 4.99 Å². The van der Waals surface area contributed by atoms with E-state index >= 15 is 0 Å². The smallest absolute Gasteiger partial charge is 0.266 e. The van der Waals surface area contributed by atoms with Gasteiger partial charge in [0.15, 0.2) is 5.17 Å². The highest BCUT2D eigenvalue weighted by atomic mass is 32.2. The topological polar surface area (TPSA) is 39.2 Å². The van der Waals surface area contributed by atoms with Crippen molar-refractivity contribution in [2.75, 3.05) is 44.0 Å². The van der Waals surface area contributed by atoms with Crippen molar-refractivity contribution < 1.29 is 4.79 Å². The zero-order valence-electron chi connectivity index (χ0n) is 17.8. The van der Waals surface area contributed by atoms with Crippen LogP contribution in [0, 0.1) is 0 Å². The van der Waals surface area contributed by atoms with Crippen LogP contribution in [0.25, 0.3) is 6.08 Å². The van der Waals surface area contributed by atoms with Crippen molar-refractivity contribution in [1.29, 1.82) is 0 Å². The summed E-state index contributed by atoms with van der Waals surface area (Å²) < 4.78 is 0. The summed E-state index contributed by atoms with van der Waals surface area (Å²) in [4.78, 5) is 24.2. The van der Waals surface area contributed by atoms with E-state index in [1.807, 2.05) is 49.3 Å². The first-order valence-electron chi connectivity index (χ1n) is 10.4. The van der Waals surface area contributed by atoms with Crippen LogP contribution in [-0.2, 0) is 4.79 Å². The van der Waals surface area contributed by atoms with Crippen molar-refractivity contribution in [3.63, 3.8) is 0 Å². The Kier molecular flexibility index (Phi) is 6.13. The van der Waals surface area contributed by atoms with Gasteiger partial charge in [0, 0.05) is 45.6 Å². The molecule has 0 saturated carbocycles. The summed E-state index contributed by atoms with van der Waals surface area (Å²) in [6.45, 7) is 2.27. The predicted octanol–water partition coefficient (Wildman–Crippen LogP) is 4.98. The average Bonchev–Trinajstić information content (AvgIpc) is 3.03. The minimum atomic E-state index is -0.0104. The second kappa shape index (κ2) is 8.96. The van der Waals surface area contributed by atoms with E-state index in [0.29, 0.717) is 10.1 Å². The molecular weight excluding hydrogens is 392 g/mol. The number of aliphatic imine (C=N–C) groups is 1. The van der Waals surface area contributed by atoms with Crippen molar-refractivity contribution >= 4 is 46.0 Å². The van der Waals surface area contributed by atoms with Crippen molar-refractivity contribution in [3.05, 3.63) is 59.0 Å². The van der Waals surface area contributed by atoms with Crippen LogP contribution in [0.5, 0.6) is 0 Å². The fourth-order valence-corrected chi connectivity index (χ4v) is 4.66. The number of hydrogen-bond donors (Lipinski definition) is 0. The van der Waals surface area contributed by atoms with Crippen LogP contribution in [0.4, 0.5) is 17.1 Å². The zero-order chi connectivity index (χ0) is 21.1. The molecule has 2 aliphatic rings. The molecule has 0 atom stereocenters. The highest BCUT2D eigenvalue weighted by Crippen LogP contribution is 2.33. The number of nitrogens with zero attached hydrogens (tertiary/aromatic N) is 4. The van der Waals surface area contributed by atoms with Gasteiger partial charge in [-0.1, -0.05) is 12.1 Å². The summed E-state index contributed by atoms with van der Waals surface area (Å²) in [6, 6.07) is 16.5. The quantitative estimate of drug-likeness (QED) is 0.654. The van der Waals surface area contributed by atoms with Crippen LogP contribution in [0.1, 0.15) is 24.8 Å². The molecule has 0 aromatic heterocycles. The van der Waals surface area contributed by atoms with Gasteiger partial charge < -0.3 is 9.80 Å². The molecule has 0 bridgehead atoms. The molecule has 2 heterocycles. The molecule has 0 aliphatic carbocycles. The van der Waals surface area contributed by atoms with Gasteiger partial charge in [0.1, 0.15) is 0 Å². The molecule has 156 valence electrons. The summed E-state index contributed by atoms with van der Waals surface area (Å²) in [5, 5.41) is 0.703. The number of thioether (sulfide) groups is 1. The number of piperidine rings is 1. The molecule has 0 unspecified atom stereocenters. The van der Waals surface area contributed by atoms with Gasteiger partial charge in [0.25, 0.3) is 5.91 Å². The van der Waals surface area contributed by atoms with E-state index in [4.69, 9.17) is 0 Å². The maximum atomic E-state index is 12.7. The Morgan fingerprint density at radius 3 is 2.27 bits per heavy atom. The molecule has 30 heavy (non-hydrogen) atoms. The van der Waals surface area contributed by atoms with E-state index in [1.54, 1.807) is 11.9 Å². The maximum absolute atomic E-state index is 12.7. The first kappa shape index (κ1) is 20.5. The van der Waals surface area contributed by atoms with Crippen LogP contribution >= 0.6 is 11.8 Å². The number of rotatable bonds is 4. The second-order valence-corrected chi connectivity index (χ2v) is 8.93. The highest BCUT2D eigenvalue weighted by Gasteiger charge is 2.30. The van der Waals surface area contributed by atoms with Crippen LogP contribution < -0.4 is 9.80 Å². The molecule has 2 aromatic carbocycles. The van der Waals surface area contributed by atoms with Crippen molar-refractivity contribution in [2.45, 2.75) is 19.3 Å². The van der Waals surface area contributed by atoms with Gasteiger partial charge in [-0.15, -0.1) is 0 Å². The number of benzene rings is 2. The van der Waals surface area contributed by atoms with Gasteiger partial charge in [-0.05, 0) is 79.1 Å². The van der Waals surface area contributed by atoms with Crippen LogP contribution in [0.2, 0.25) is 0 Å². The fraction of sp³-hybridized carbons (Fsp3) is 0.333. The summed E-state index contributed by atoms with van der Waals surface area (Å²) in [5.74, 6) is -0.0104. The van der Waals surface area contributed by atoms with Crippen LogP contribution in [0.15, 0.2) is 58.4 Å². The lowest BCUT2D eigenvalue weighted by Gasteiger charge is -2.28. The van der Waals surface area contributed by atoms with E-state index in [2.05, 4.69) is 34.2 Å². The third-order valence-corrected chi connectivity index (χ3v) is 6.57. The fourth-order valence-electron chi connectivity index (χ4n) is 3.67. The molecule has 2 fully saturated rings. The third-order valence-electron chi connectivity index (χ3n) is 5.51. The molecule has 2 aliphatic heterocycles. The predicted molar refractivity (Wildman–Crippen MR) is 129 cm³/mol. The lowest BCUT2D eigenvalue weighted by Crippen LogP contribution is -2.29. The van der Waals surface area contributed by atoms with E-state index in [1.165, 1.54) is 36.7 Å². The first-order chi connectivity index (χ1) is 14.5. The molecular formula is C24H28N4OS. The summed E-state index contributed by atoms with van der Waals surface area (Å²) in [6.07, 6.45) is 5.82. The molecule has 1 amide bonds. The number of amidine groups is 1. The highest BCUT2D eigenvalue weighted by molar-refractivity contribution is 8.18. The summed E-state index contributed by atoms with van der Waals surface area (Å²) in [7, 11) is 5.80. The van der Waals surface area contributed by atoms with Crippen molar-refractivity contribution in [3.8, 4) is 0 Å². The van der Waals surface area contributed by atoms with Gasteiger partial charge in [0.2, 0.25) is 0 Å². The normalized spacial score (nSPS) is 19.8. The van der Waals surface area contributed by atoms with Gasteiger partial charge in [-0.2, -0.15) is 0 Å². The SMILES string of the molecule is CN1C(=O)/C(=C/c2ccc(N3CCCCC3)cc2)SC1=Nc1ccc(N(C)C)cc1. The Hall–Kier alpha value is -2.73. The lowest BCUT2D eigenvalue weighted by atomic mass is 10.1. The first-order valence-corrected chi connectivity index (χ1v) is 11.2. The van der Waals surface area contributed by atoms with Crippen LogP contribution in [0.3, 0.4) is 0 Å². The van der Waals surface area contributed by atoms with Gasteiger partial charge in [-0.3, -0.25) is 9.69 Å². The largest absolute Gasteiger partial charge is 0.378 e. The Balaban J connectivity index is 1.49. The number of carbonyl (C=O) groups is 1. The Morgan fingerprint density at radius 1 is 0.967 bits per heavy atom. The molecule has 2 aromatic rings. The molecule has 0 radical (unpaired) electrons. The molecule has 0 spiro atoms. The molecule has 2 saturated heterocycles. The monoisotopic (exact) mass is 420 g/mol. The average molecular weight is 421 g/mol. The van der Waals surface area contributed by atoms with Gasteiger partial charge in [0.05, 0.1) is 10.6 Å². The van der Waals surface area contributed by atoms with E-state index in [9.17, 15) is 4.79 Å². The Bertz CT molecular complexity index is 958. The summed E-state index contributed by atoms with van der Waals surface area (Å²) in [5.41, 5.74) is 4.27. The number of carbonyl (C=O) groups excluding carboxylic acids is 1. The van der Waals surface area contributed by atoms with Crippen molar-refractivity contribution in [1.82, 2.24) is 4.90 Å². The maximum Gasteiger partial charge on any atom is 0.266 e. The van der Waals surface area contributed by atoms with Crippen LogP contribution in [-0.4, -0.2) is 50.2 Å². The number of hydrogen-bond acceptors (Lipinski definition) is 5. The standard InChI is InChI=1S/C24H28N4OS/c1-26(2)20-13-9-19(10-14-20)25-24-27(3)23(29)22(30-24)17-18-7-11-21(12-8-18)28-15-5-4-6-16-28/h7-14,17H,4-6,15-16H2,1-3H3/b22-17-,25-24?. The minimum absolute atomic E-state index is 0.0104. The molecule has 6 heteroatoms. The van der Waals surface area contributed by atoms with E-state index < -0.39 is 0 Å². The number of amides is 1. The lowest BCUT2D eigenvalue weighted by molar-refractivity contribution is -0.121. The Labute approximate surface area is 183 Å². The third kappa shape index (κ3) is 4.54. The minimum Gasteiger partial charge on any atom is -0.378 e. The zero-order valence-corrected chi connectivity index (χ0v) is 18.7. The van der Waals surface area contributed by atoms with Gasteiger partial charge >= 0.3 is 0 Å². The van der Waals surface area contributed by atoms with Crippen molar-refractivity contribution in [2.24, 2.45) is 4.99 Å². The number of anilines is 2. The Morgan fingerprint density at radius 2 is 1.63 bits per heavy atom. The molecule has 5 nitrogen and oxygen atoms in total. The molecule has 0 N–H and O–H groups in total. The van der Waals surface area contributed by atoms with E-state index in [-0.39, 0.29) is 5.91 Å². The summed E-state index contributed by atoms with van der Waals surface area (Å²) >= 11 is 1.43. The molecule has 4 rings (SSSR count). The number of likely N-dealkylation sites (N-methyl/N-ethyl adjacent to an activating group) is 1.